The number of carbonyl (C=O) groups excluding carboxylic acids is 3. The molecule has 1 heterocycles. The molecule has 1 aliphatic heterocycles. The quantitative estimate of drug-likeness (QED) is 0.682. The van der Waals surface area contributed by atoms with Gasteiger partial charge in [0.25, 0.3) is 11.8 Å². The molecule has 0 aliphatic carbocycles. The number of methoxy groups -OCH3 is 1. The fourth-order valence-electron chi connectivity index (χ4n) is 2.91. The van der Waals surface area contributed by atoms with E-state index in [4.69, 9.17) is 4.74 Å². The van der Waals surface area contributed by atoms with Crippen molar-refractivity contribution in [2.45, 2.75) is 13.8 Å². The van der Waals surface area contributed by atoms with Gasteiger partial charge in [-0.15, -0.1) is 0 Å². The van der Waals surface area contributed by atoms with Crippen molar-refractivity contribution in [3.8, 4) is 5.75 Å². The topological polar surface area (TPSA) is 75.7 Å². The van der Waals surface area contributed by atoms with Crippen molar-refractivity contribution >= 4 is 29.6 Å². The second-order valence-electron chi connectivity index (χ2n) is 6.05. The molecule has 0 atom stereocenters. The number of nitrogens with one attached hydrogen (secondary N) is 1. The number of hydrogen-bond acceptors (Lipinski definition) is 4. The van der Waals surface area contributed by atoms with Crippen LogP contribution in [0.4, 0.5) is 10.5 Å². The first-order chi connectivity index (χ1) is 12.4. The highest BCUT2D eigenvalue weighted by atomic mass is 16.5. The van der Waals surface area contributed by atoms with E-state index in [9.17, 15) is 14.4 Å². The predicted molar refractivity (Wildman–Crippen MR) is 97.9 cm³/mol. The maximum atomic E-state index is 12.9. The van der Waals surface area contributed by atoms with Gasteiger partial charge >= 0.3 is 6.03 Å². The van der Waals surface area contributed by atoms with Crippen molar-refractivity contribution in [1.29, 1.82) is 0 Å². The number of benzene rings is 2. The molecule has 0 saturated carbocycles. The predicted octanol–water partition coefficient (Wildman–Crippen LogP) is 2.98. The van der Waals surface area contributed by atoms with Gasteiger partial charge in [0.2, 0.25) is 0 Å². The van der Waals surface area contributed by atoms with Crippen molar-refractivity contribution in [1.82, 2.24) is 5.32 Å². The second kappa shape index (κ2) is 6.84. The van der Waals surface area contributed by atoms with Crippen LogP contribution < -0.4 is 15.0 Å². The molecule has 132 valence electrons. The molecule has 6 heteroatoms. The Morgan fingerprint density at radius 1 is 1.00 bits per heavy atom. The van der Waals surface area contributed by atoms with Gasteiger partial charge in [-0.05, 0) is 49.2 Å². The minimum absolute atomic E-state index is 0.131. The molecule has 0 aromatic heterocycles. The lowest BCUT2D eigenvalue weighted by atomic mass is 10.0. The van der Waals surface area contributed by atoms with Gasteiger partial charge in [-0.1, -0.05) is 24.3 Å². The summed E-state index contributed by atoms with van der Waals surface area (Å²) in [4.78, 5) is 38.4. The molecule has 6 nitrogen and oxygen atoms in total. The van der Waals surface area contributed by atoms with Crippen LogP contribution >= 0.6 is 0 Å². The molecule has 1 saturated heterocycles. The minimum Gasteiger partial charge on any atom is -0.496 e. The molecule has 0 spiro atoms. The zero-order valence-corrected chi connectivity index (χ0v) is 14.7. The molecule has 26 heavy (non-hydrogen) atoms. The van der Waals surface area contributed by atoms with Crippen LogP contribution in [0, 0.1) is 13.8 Å². The average Bonchev–Trinajstić information content (AvgIpc) is 2.58. The fourth-order valence-corrected chi connectivity index (χ4v) is 2.91. The van der Waals surface area contributed by atoms with E-state index < -0.39 is 17.8 Å². The van der Waals surface area contributed by atoms with E-state index in [2.05, 4.69) is 5.32 Å². The highest BCUT2D eigenvalue weighted by Crippen LogP contribution is 2.26. The summed E-state index contributed by atoms with van der Waals surface area (Å²) in [6.45, 7) is 3.75. The molecule has 4 amide bonds. The number of carbonyl (C=O) groups is 3. The third-order valence-corrected chi connectivity index (χ3v) is 4.01. The number of imide groups is 2. The molecule has 0 unspecified atom stereocenters. The number of anilines is 1. The Kier molecular flexibility index (Phi) is 4.58. The molecular formula is C20H18N2O4. The number of ether oxygens (including phenoxy) is 1. The van der Waals surface area contributed by atoms with Gasteiger partial charge in [0, 0.05) is 5.56 Å². The lowest BCUT2D eigenvalue weighted by molar-refractivity contribution is -0.122. The average molecular weight is 350 g/mol. The number of amides is 4. The van der Waals surface area contributed by atoms with Gasteiger partial charge < -0.3 is 4.74 Å². The molecule has 1 fully saturated rings. The van der Waals surface area contributed by atoms with Crippen LogP contribution in [0.5, 0.6) is 5.75 Å². The summed E-state index contributed by atoms with van der Waals surface area (Å²) in [5.41, 5.74) is 2.68. The number of para-hydroxylation sites is 1. The van der Waals surface area contributed by atoms with Crippen LogP contribution in [-0.4, -0.2) is 25.0 Å². The Morgan fingerprint density at radius 2 is 1.65 bits per heavy atom. The summed E-state index contributed by atoms with van der Waals surface area (Å²) >= 11 is 0. The van der Waals surface area contributed by atoms with E-state index in [1.807, 2.05) is 19.9 Å². The third kappa shape index (κ3) is 3.21. The van der Waals surface area contributed by atoms with E-state index in [1.54, 1.807) is 36.4 Å². The molecule has 1 N–H and O–H groups in total. The Morgan fingerprint density at radius 3 is 2.31 bits per heavy atom. The van der Waals surface area contributed by atoms with E-state index in [0.717, 1.165) is 16.0 Å². The Labute approximate surface area is 151 Å². The van der Waals surface area contributed by atoms with Crippen molar-refractivity contribution in [2.24, 2.45) is 0 Å². The van der Waals surface area contributed by atoms with Gasteiger partial charge in [-0.2, -0.15) is 0 Å². The first-order valence-corrected chi connectivity index (χ1v) is 8.03. The van der Waals surface area contributed by atoms with Gasteiger partial charge in [0.05, 0.1) is 12.8 Å². The van der Waals surface area contributed by atoms with E-state index in [0.29, 0.717) is 17.0 Å². The van der Waals surface area contributed by atoms with Crippen molar-refractivity contribution < 1.29 is 19.1 Å². The standard InChI is InChI=1S/C20H18N2O4/c1-12-8-13(2)10-15(9-12)22-19(24)16(18(23)21-20(22)25)11-14-6-4-5-7-17(14)26-3/h4-11H,1-3H3,(H,21,23,25). The minimum atomic E-state index is -0.762. The van der Waals surface area contributed by atoms with Crippen molar-refractivity contribution in [3.05, 3.63) is 64.7 Å². The lowest BCUT2D eigenvalue weighted by Gasteiger charge is -2.27. The molecule has 2 aromatic carbocycles. The number of nitrogens with zero attached hydrogens (tertiary/aromatic N) is 1. The van der Waals surface area contributed by atoms with Crippen LogP contribution in [0.15, 0.2) is 48.0 Å². The van der Waals surface area contributed by atoms with Crippen LogP contribution in [0.1, 0.15) is 16.7 Å². The number of barbiturate groups is 1. The molecule has 2 aromatic rings. The number of hydrogen-bond donors (Lipinski definition) is 1. The summed E-state index contributed by atoms with van der Waals surface area (Å²) in [6, 6.07) is 11.6. The third-order valence-electron chi connectivity index (χ3n) is 4.01. The Hall–Kier alpha value is -3.41. The van der Waals surface area contributed by atoms with Crippen LogP contribution in [0.3, 0.4) is 0 Å². The van der Waals surface area contributed by atoms with E-state index >= 15 is 0 Å². The van der Waals surface area contributed by atoms with Gasteiger partial charge in [-0.25, -0.2) is 9.69 Å². The number of aryl methyl sites for hydroxylation is 2. The van der Waals surface area contributed by atoms with E-state index in [1.165, 1.54) is 13.2 Å². The van der Waals surface area contributed by atoms with Gasteiger partial charge in [-0.3, -0.25) is 14.9 Å². The number of urea groups is 1. The first kappa shape index (κ1) is 17.4. The van der Waals surface area contributed by atoms with Crippen molar-refractivity contribution in [2.75, 3.05) is 12.0 Å². The Bertz CT molecular complexity index is 926. The molecule has 0 radical (unpaired) electrons. The normalized spacial score (nSPS) is 16.0. The largest absolute Gasteiger partial charge is 0.496 e. The zero-order valence-electron chi connectivity index (χ0n) is 14.7. The summed E-state index contributed by atoms with van der Waals surface area (Å²) < 4.78 is 5.25. The highest BCUT2D eigenvalue weighted by molar-refractivity contribution is 6.39. The van der Waals surface area contributed by atoms with Crippen LogP contribution in [0.25, 0.3) is 6.08 Å². The summed E-state index contributed by atoms with van der Waals surface area (Å²) in [6.07, 6.45) is 1.43. The fraction of sp³-hybridized carbons (Fsp3) is 0.150. The van der Waals surface area contributed by atoms with Crippen LogP contribution in [0.2, 0.25) is 0 Å². The summed E-state index contributed by atoms with van der Waals surface area (Å²) in [5, 5.41) is 2.22. The molecule has 3 rings (SSSR count). The molecular weight excluding hydrogens is 332 g/mol. The maximum Gasteiger partial charge on any atom is 0.335 e. The first-order valence-electron chi connectivity index (χ1n) is 8.03. The molecule has 1 aliphatic rings. The number of rotatable bonds is 3. The summed E-state index contributed by atoms with van der Waals surface area (Å²) in [7, 11) is 1.51. The SMILES string of the molecule is COc1ccccc1C=C1C(=O)NC(=O)N(c2cc(C)cc(C)c2)C1=O. The smallest absolute Gasteiger partial charge is 0.335 e. The zero-order chi connectivity index (χ0) is 18.8. The summed E-state index contributed by atoms with van der Waals surface area (Å²) in [5.74, 6) is -0.878. The highest BCUT2D eigenvalue weighted by Gasteiger charge is 2.37. The second-order valence-corrected chi connectivity index (χ2v) is 6.05. The van der Waals surface area contributed by atoms with Gasteiger partial charge in [0.15, 0.2) is 0 Å². The van der Waals surface area contributed by atoms with Crippen molar-refractivity contribution in [3.63, 3.8) is 0 Å². The lowest BCUT2D eigenvalue weighted by Crippen LogP contribution is -2.54. The monoisotopic (exact) mass is 350 g/mol. The van der Waals surface area contributed by atoms with Gasteiger partial charge in [0.1, 0.15) is 11.3 Å². The Balaban J connectivity index is 2.07. The molecule has 0 bridgehead atoms. The van der Waals surface area contributed by atoms with Crippen LogP contribution in [-0.2, 0) is 9.59 Å². The maximum absolute atomic E-state index is 12.9. The van der Waals surface area contributed by atoms with E-state index in [-0.39, 0.29) is 5.57 Å².